The van der Waals surface area contributed by atoms with Crippen molar-refractivity contribution < 1.29 is 18.7 Å². The summed E-state index contributed by atoms with van der Waals surface area (Å²) >= 11 is 0. The number of hydrogen-bond donors (Lipinski definition) is 2. The first kappa shape index (κ1) is 17.3. The number of rotatable bonds is 5. The molecule has 7 nitrogen and oxygen atoms in total. The van der Waals surface area contributed by atoms with Crippen LogP contribution in [-0.2, 0) is 11.3 Å². The molecule has 3 aromatic rings. The van der Waals surface area contributed by atoms with Gasteiger partial charge in [-0.15, -0.1) is 0 Å². The van der Waals surface area contributed by atoms with Crippen molar-refractivity contribution in [1.82, 2.24) is 20.2 Å². The van der Waals surface area contributed by atoms with E-state index in [4.69, 9.17) is 9.47 Å². The summed E-state index contributed by atoms with van der Waals surface area (Å²) in [5, 5.41) is 2.88. The number of imidazole rings is 1. The number of amides is 1. The Hall–Kier alpha value is -3.13. The van der Waals surface area contributed by atoms with Gasteiger partial charge >= 0.3 is 0 Å². The Kier molecular flexibility index (Phi) is 4.41. The standard InChI is InChI=1S/C19H19FN4O3/c1-24(2)18(11-3-6-15-16(7-11)27-10-26-15)19(25)21-9-17-22-13-5-4-12(20)8-14(13)23-17/h3-8,18H,9-10H2,1-2H3,(H,21,25)(H,22,23). The molecular weight excluding hydrogens is 351 g/mol. The van der Waals surface area contributed by atoms with Crippen LogP contribution in [0.2, 0.25) is 0 Å². The molecule has 4 rings (SSSR count). The number of nitrogens with zero attached hydrogens (tertiary/aromatic N) is 2. The van der Waals surface area contributed by atoms with E-state index in [1.54, 1.807) is 12.1 Å². The van der Waals surface area contributed by atoms with Crippen molar-refractivity contribution in [1.29, 1.82) is 0 Å². The maximum absolute atomic E-state index is 13.3. The van der Waals surface area contributed by atoms with Gasteiger partial charge < -0.3 is 19.8 Å². The smallest absolute Gasteiger partial charge is 0.242 e. The number of aromatic amines is 1. The zero-order valence-corrected chi connectivity index (χ0v) is 15.0. The highest BCUT2D eigenvalue weighted by atomic mass is 19.1. The fourth-order valence-corrected chi connectivity index (χ4v) is 3.15. The Bertz CT molecular complexity index is 1000. The first-order valence-corrected chi connectivity index (χ1v) is 8.49. The molecule has 0 aliphatic carbocycles. The second-order valence-electron chi connectivity index (χ2n) is 6.54. The molecule has 0 saturated carbocycles. The predicted molar refractivity (Wildman–Crippen MR) is 96.9 cm³/mol. The van der Waals surface area contributed by atoms with Gasteiger partial charge in [-0.25, -0.2) is 9.37 Å². The Morgan fingerprint density at radius 2 is 2.07 bits per heavy atom. The van der Waals surface area contributed by atoms with E-state index in [2.05, 4.69) is 15.3 Å². The van der Waals surface area contributed by atoms with Crippen molar-refractivity contribution in [3.05, 3.63) is 53.6 Å². The fourth-order valence-electron chi connectivity index (χ4n) is 3.15. The second-order valence-corrected chi connectivity index (χ2v) is 6.54. The van der Waals surface area contributed by atoms with Gasteiger partial charge in [-0.2, -0.15) is 0 Å². The summed E-state index contributed by atoms with van der Waals surface area (Å²) in [6.45, 7) is 0.397. The highest BCUT2D eigenvalue weighted by molar-refractivity contribution is 5.83. The van der Waals surface area contributed by atoms with Crippen molar-refractivity contribution in [2.75, 3.05) is 20.9 Å². The molecule has 0 radical (unpaired) electrons. The van der Waals surface area contributed by atoms with Crippen molar-refractivity contribution in [2.45, 2.75) is 12.6 Å². The zero-order chi connectivity index (χ0) is 19.0. The summed E-state index contributed by atoms with van der Waals surface area (Å²) in [5.41, 5.74) is 2.05. The maximum atomic E-state index is 13.3. The summed E-state index contributed by atoms with van der Waals surface area (Å²) < 4.78 is 24.0. The van der Waals surface area contributed by atoms with Gasteiger partial charge in [-0.1, -0.05) is 6.07 Å². The summed E-state index contributed by atoms with van der Waals surface area (Å²) in [7, 11) is 3.66. The minimum absolute atomic E-state index is 0.175. The van der Waals surface area contributed by atoms with Crippen LogP contribution in [0.1, 0.15) is 17.4 Å². The summed E-state index contributed by atoms with van der Waals surface area (Å²) in [6.07, 6.45) is 0. The summed E-state index contributed by atoms with van der Waals surface area (Å²) in [6, 6.07) is 9.30. The first-order valence-electron chi connectivity index (χ1n) is 8.49. The lowest BCUT2D eigenvalue weighted by Gasteiger charge is -2.23. The highest BCUT2D eigenvalue weighted by Crippen LogP contribution is 2.35. The molecule has 1 amide bonds. The van der Waals surface area contributed by atoms with Crippen LogP contribution < -0.4 is 14.8 Å². The molecule has 0 bridgehead atoms. The number of halogens is 1. The lowest BCUT2D eigenvalue weighted by atomic mass is 10.0. The van der Waals surface area contributed by atoms with Gasteiger partial charge in [0.1, 0.15) is 17.7 Å². The number of fused-ring (bicyclic) bond motifs is 2. The molecule has 140 valence electrons. The Morgan fingerprint density at radius 3 is 2.89 bits per heavy atom. The quantitative estimate of drug-likeness (QED) is 0.721. The normalized spacial score (nSPS) is 13.9. The van der Waals surface area contributed by atoms with E-state index in [9.17, 15) is 9.18 Å². The summed E-state index contributed by atoms with van der Waals surface area (Å²) in [5.74, 6) is 1.35. The topological polar surface area (TPSA) is 79.5 Å². The van der Waals surface area contributed by atoms with Gasteiger partial charge in [0.25, 0.3) is 0 Å². The molecule has 2 heterocycles. The van der Waals surface area contributed by atoms with Crippen LogP contribution in [0.4, 0.5) is 4.39 Å². The number of nitrogens with one attached hydrogen (secondary N) is 2. The van der Waals surface area contributed by atoms with Gasteiger partial charge in [0.05, 0.1) is 17.6 Å². The third-order valence-corrected chi connectivity index (χ3v) is 4.40. The number of benzene rings is 2. The summed E-state index contributed by atoms with van der Waals surface area (Å²) in [4.78, 5) is 22.0. The molecule has 1 aliphatic rings. The molecule has 0 spiro atoms. The molecule has 27 heavy (non-hydrogen) atoms. The van der Waals surface area contributed by atoms with Crippen LogP contribution in [-0.4, -0.2) is 41.7 Å². The van der Waals surface area contributed by atoms with Gasteiger partial charge in [0.2, 0.25) is 12.7 Å². The second kappa shape index (κ2) is 6.88. The largest absolute Gasteiger partial charge is 0.454 e. The van der Waals surface area contributed by atoms with Crippen LogP contribution in [0.5, 0.6) is 11.5 Å². The van der Waals surface area contributed by atoms with Gasteiger partial charge in [0, 0.05) is 0 Å². The lowest BCUT2D eigenvalue weighted by molar-refractivity contribution is -0.126. The van der Waals surface area contributed by atoms with Crippen LogP contribution in [0.15, 0.2) is 36.4 Å². The number of carbonyl (C=O) groups excluding carboxylic acids is 1. The number of aromatic nitrogens is 2. The van der Waals surface area contributed by atoms with Gasteiger partial charge in [-0.05, 0) is 50.0 Å². The molecule has 1 atom stereocenters. The molecule has 1 unspecified atom stereocenters. The minimum Gasteiger partial charge on any atom is -0.454 e. The van der Waals surface area contributed by atoms with E-state index in [1.165, 1.54) is 12.1 Å². The Balaban J connectivity index is 1.50. The molecule has 2 N–H and O–H groups in total. The van der Waals surface area contributed by atoms with E-state index in [-0.39, 0.29) is 25.1 Å². The van der Waals surface area contributed by atoms with Crippen LogP contribution in [0.25, 0.3) is 11.0 Å². The van der Waals surface area contributed by atoms with Crippen molar-refractivity contribution in [2.24, 2.45) is 0 Å². The third kappa shape index (κ3) is 3.43. The number of ether oxygens (including phenoxy) is 2. The molecular formula is C19H19FN4O3. The molecule has 1 aromatic heterocycles. The predicted octanol–water partition coefficient (Wildman–Crippen LogP) is 2.35. The number of likely N-dealkylation sites (N-methyl/N-ethyl adjacent to an activating group) is 1. The average molecular weight is 370 g/mol. The van der Waals surface area contributed by atoms with Gasteiger partial charge in [-0.3, -0.25) is 9.69 Å². The number of H-pyrrole nitrogens is 1. The molecule has 0 fully saturated rings. The van der Waals surface area contributed by atoms with Crippen LogP contribution in [0, 0.1) is 5.82 Å². The van der Waals surface area contributed by atoms with E-state index in [0.717, 1.165) is 5.56 Å². The third-order valence-electron chi connectivity index (χ3n) is 4.40. The average Bonchev–Trinajstić information content (AvgIpc) is 3.25. The fraction of sp³-hybridized carbons (Fsp3) is 0.263. The van der Waals surface area contributed by atoms with Gasteiger partial charge in [0.15, 0.2) is 11.5 Å². The van der Waals surface area contributed by atoms with Crippen molar-refractivity contribution in [3.63, 3.8) is 0 Å². The lowest BCUT2D eigenvalue weighted by Crippen LogP contribution is -2.36. The zero-order valence-electron chi connectivity index (χ0n) is 15.0. The Morgan fingerprint density at radius 1 is 1.26 bits per heavy atom. The highest BCUT2D eigenvalue weighted by Gasteiger charge is 2.25. The Labute approximate surface area is 155 Å². The van der Waals surface area contributed by atoms with Crippen LogP contribution >= 0.6 is 0 Å². The van der Waals surface area contributed by atoms with Crippen LogP contribution in [0.3, 0.4) is 0 Å². The molecule has 1 aliphatic heterocycles. The molecule has 2 aromatic carbocycles. The monoisotopic (exact) mass is 370 g/mol. The number of carbonyl (C=O) groups is 1. The molecule has 0 saturated heterocycles. The van der Waals surface area contributed by atoms with Crippen molar-refractivity contribution in [3.8, 4) is 11.5 Å². The van der Waals surface area contributed by atoms with E-state index in [1.807, 2.05) is 31.1 Å². The molecule has 8 heteroatoms. The first-order chi connectivity index (χ1) is 13.0. The number of hydrogen-bond acceptors (Lipinski definition) is 5. The maximum Gasteiger partial charge on any atom is 0.242 e. The van der Waals surface area contributed by atoms with E-state index < -0.39 is 6.04 Å². The van der Waals surface area contributed by atoms with E-state index in [0.29, 0.717) is 28.4 Å². The SMILES string of the molecule is CN(C)C(C(=O)NCc1nc2ccc(F)cc2[nH]1)c1ccc2c(c1)OCO2. The van der Waals surface area contributed by atoms with E-state index >= 15 is 0 Å². The minimum atomic E-state index is -0.499. The van der Waals surface area contributed by atoms with Crippen molar-refractivity contribution >= 4 is 16.9 Å².